The molecule has 19 heavy (non-hydrogen) atoms. The van der Waals surface area contributed by atoms with Crippen LogP contribution in [0.4, 0.5) is 0 Å². The summed E-state index contributed by atoms with van der Waals surface area (Å²) in [4.78, 5) is 28.3. The Hall–Kier alpha value is -1.06. The van der Waals surface area contributed by atoms with Crippen LogP contribution in [0, 0.1) is 5.92 Å². The Labute approximate surface area is 117 Å². The van der Waals surface area contributed by atoms with Gasteiger partial charge in [0.1, 0.15) is 0 Å². The highest BCUT2D eigenvalue weighted by molar-refractivity contribution is 5.89. The van der Waals surface area contributed by atoms with Gasteiger partial charge in [0.05, 0.1) is 5.92 Å². The summed E-state index contributed by atoms with van der Waals surface area (Å²) in [6, 6.07) is 0. The van der Waals surface area contributed by atoms with E-state index in [9.17, 15) is 9.59 Å². The molecule has 1 saturated heterocycles. The molecule has 1 atom stereocenters. The van der Waals surface area contributed by atoms with Crippen molar-refractivity contribution in [1.29, 1.82) is 0 Å². The Kier molecular flexibility index (Phi) is 5.39. The first-order chi connectivity index (χ1) is 8.81. The van der Waals surface area contributed by atoms with Crippen molar-refractivity contribution in [3.8, 4) is 0 Å². The van der Waals surface area contributed by atoms with E-state index in [1.807, 2.05) is 30.6 Å². The summed E-state index contributed by atoms with van der Waals surface area (Å²) < 4.78 is 0. The third kappa shape index (κ3) is 3.95. The summed E-state index contributed by atoms with van der Waals surface area (Å²) in [6.07, 6.45) is 2.31. The monoisotopic (exact) mass is 268 g/mol. The molecule has 0 aromatic rings. The zero-order valence-corrected chi connectivity index (χ0v) is 13.0. The molecule has 1 fully saturated rings. The van der Waals surface area contributed by atoms with E-state index in [4.69, 9.17) is 0 Å². The molecule has 110 valence electrons. The summed E-state index contributed by atoms with van der Waals surface area (Å²) in [6.45, 7) is 12.4. The van der Waals surface area contributed by atoms with Crippen molar-refractivity contribution >= 4 is 11.8 Å². The first kappa shape index (κ1) is 16.0. The molecule has 1 unspecified atom stereocenters. The lowest BCUT2D eigenvalue weighted by Gasteiger charge is -2.32. The Morgan fingerprint density at radius 3 is 2.16 bits per heavy atom. The minimum absolute atomic E-state index is 0.110. The lowest BCUT2D eigenvalue weighted by molar-refractivity contribution is -0.136. The molecule has 4 nitrogen and oxygen atoms in total. The minimum Gasteiger partial charge on any atom is -0.342 e. The number of rotatable bonds is 5. The molecule has 0 aromatic carbocycles. The van der Waals surface area contributed by atoms with Crippen molar-refractivity contribution in [1.82, 2.24) is 9.80 Å². The third-order valence-corrected chi connectivity index (χ3v) is 3.58. The number of likely N-dealkylation sites (tertiary alicyclic amines) is 1. The van der Waals surface area contributed by atoms with Crippen LogP contribution >= 0.6 is 0 Å². The van der Waals surface area contributed by atoms with E-state index >= 15 is 0 Å². The lowest BCUT2D eigenvalue weighted by Crippen LogP contribution is -2.44. The summed E-state index contributed by atoms with van der Waals surface area (Å²) >= 11 is 0. The summed E-state index contributed by atoms with van der Waals surface area (Å²) in [5, 5.41) is 0. The third-order valence-electron chi connectivity index (χ3n) is 3.58. The van der Waals surface area contributed by atoms with Crippen LogP contribution in [-0.4, -0.2) is 46.8 Å². The van der Waals surface area contributed by atoms with E-state index in [-0.39, 0.29) is 23.3 Å². The maximum atomic E-state index is 12.5. The molecule has 0 aromatic heterocycles. The van der Waals surface area contributed by atoms with E-state index in [0.717, 1.165) is 25.9 Å². The summed E-state index contributed by atoms with van der Waals surface area (Å²) in [5.41, 5.74) is -0.188. The van der Waals surface area contributed by atoms with Crippen LogP contribution in [0.25, 0.3) is 0 Å². The van der Waals surface area contributed by atoms with Gasteiger partial charge in [-0.15, -0.1) is 0 Å². The van der Waals surface area contributed by atoms with Gasteiger partial charge in [-0.1, -0.05) is 13.8 Å². The topological polar surface area (TPSA) is 40.6 Å². The van der Waals surface area contributed by atoms with Gasteiger partial charge in [0, 0.05) is 31.6 Å². The molecule has 0 aliphatic carbocycles. The second-order valence-corrected chi connectivity index (χ2v) is 6.40. The van der Waals surface area contributed by atoms with Gasteiger partial charge in [-0.05, 0) is 33.6 Å². The fourth-order valence-corrected chi connectivity index (χ4v) is 2.65. The molecule has 0 radical (unpaired) electrons. The van der Waals surface area contributed by atoms with Crippen molar-refractivity contribution in [2.24, 2.45) is 5.92 Å². The van der Waals surface area contributed by atoms with Gasteiger partial charge >= 0.3 is 0 Å². The van der Waals surface area contributed by atoms with Crippen molar-refractivity contribution in [3.63, 3.8) is 0 Å². The molecule has 0 spiro atoms. The molecule has 0 bridgehead atoms. The molecule has 1 rings (SSSR count). The molecular weight excluding hydrogens is 240 g/mol. The number of nitrogens with zero attached hydrogens (tertiary/aromatic N) is 2. The fraction of sp³-hybridized carbons (Fsp3) is 0.867. The van der Waals surface area contributed by atoms with E-state index in [0.29, 0.717) is 13.0 Å². The molecule has 0 saturated carbocycles. The average molecular weight is 268 g/mol. The number of hydrogen-bond donors (Lipinski definition) is 0. The highest BCUT2D eigenvalue weighted by Crippen LogP contribution is 2.27. The van der Waals surface area contributed by atoms with Crippen molar-refractivity contribution in [2.75, 3.05) is 19.6 Å². The molecule has 2 amide bonds. The zero-order chi connectivity index (χ0) is 14.6. The van der Waals surface area contributed by atoms with Gasteiger partial charge in [-0.2, -0.15) is 0 Å². The van der Waals surface area contributed by atoms with E-state index in [1.165, 1.54) is 0 Å². The number of amides is 2. The number of carbonyl (C=O) groups is 2. The maximum Gasteiger partial charge on any atom is 0.227 e. The Bertz CT molecular complexity index is 328. The Balaban J connectivity index is 2.71. The Morgan fingerprint density at radius 2 is 1.79 bits per heavy atom. The van der Waals surface area contributed by atoms with Crippen LogP contribution in [0.15, 0.2) is 0 Å². The fourth-order valence-electron chi connectivity index (χ4n) is 2.65. The zero-order valence-electron chi connectivity index (χ0n) is 13.0. The number of carbonyl (C=O) groups excluding carboxylic acids is 2. The van der Waals surface area contributed by atoms with Crippen LogP contribution in [0.1, 0.15) is 53.9 Å². The number of hydrogen-bond acceptors (Lipinski definition) is 2. The van der Waals surface area contributed by atoms with Crippen molar-refractivity contribution < 1.29 is 9.59 Å². The summed E-state index contributed by atoms with van der Waals surface area (Å²) in [5.74, 6) is 0.118. The second kappa shape index (κ2) is 6.40. The Morgan fingerprint density at radius 1 is 1.26 bits per heavy atom. The predicted octanol–water partition coefficient (Wildman–Crippen LogP) is 2.28. The lowest BCUT2D eigenvalue weighted by atomic mass is 10.1. The van der Waals surface area contributed by atoms with Crippen LogP contribution in [0.2, 0.25) is 0 Å². The van der Waals surface area contributed by atoms with Gasteiger partial charge < -0.3 is 9.80 Å². The quantitative estimate of drug-likeness (QED) is 0.767. The highest BCUT2D eigenvalue weighted by atomic mass is 16.2. The standard InChI is InChI=1S/C15H28N2O2/c1-6-8-16(9-7-2)14(19)12-10-13(18)17(11-12)15(3,4)5/h12H,6-11H2,1-5H3. The van der Waals surface area contributed by atoms with Crippen LogP contribution in [-0.2, 0) is 9.59 Å². The minimum atomic E-state index is -0.188. The van der Waals surface area contributed by atoms with Gasteiger partial charge in [-0.3, -0.25) is 9.59 Å². The van der Waals surface area contributed by atoms with Gasteiger partial charge in [-0.25, -0.2) is 0 Å². The van der Waals surface area contributed by atoms with Crippen molar-refractivity contribution in [3.05, 3.63) is 0 Å². The molecule has 0 N–H and O–H groups in total. The molecule has 4 heteroatoms. The average Bonchev–Trinajstić information content (AvgIpc) is 2.70. The maximum absolute atomic E-state index is 12.5. The van der Waals surface area contributed by atoms with Gasteiger partial charge in [0.25, 0.3) is 0 Å². The SMILES string of the molecule is CCCN(CCC)C(=O)C1CC(=O)N(C(C)(C)C)C1. The van der Waals surface area contributed by atoms with E-state index in [1.54, 1.807) is 0 Å². The van der Waals surface area contributed by atoms with E-state index in [2.05, 4.69) is 13.8 Å². The van der Waals surface area contributed by atoms with Crippen molar-refractivity contribution in [2.45, 2.75) is 59.4 Å². The first-order valence-electron chi connectivity index (χ1n) is 7.40. The van der Waals surface area contributed by atoms with E-state index < -0.39 is 0 Å². The largest absolute Gasteiger partial charge is 0.342 e. The van der Waals surface area contributed by atoms with Crippen LogP contribution in [0.3, 0.4) is 0 Å². The molecule has 1 aliphatic rings. The normalized spacial score (nSPS) is 19.9. The second-order valence-electron chi connectivity index (χ2n) is 6.40. The van der Waals surface area contributed by atoms with Crippen LogP contribution in [0.5, 0.6) is 0 Å². The highest BCUT2D eigenvalue weighted by Gasteiger charge is 2.40. The predicted molar refractivity (Wildman–Crippen MR) is 76.7 cm³/mol. The molecular formula is C15H28N2O2. The smallest absolute Gasteiger partial charge is 0.227 e. The summed E-state index contributed by atoms with van der Waals surface area (Å²) in [7, 11) is 0. The van der Waals surface area contributed by atoms with Gasteiger partial charge in [0.15, 0.2) is 0 Å². The molecule has 1 aliphatic heterocycles. The first-order valence-corrected chi connectivity index (χ1v) is 7.40. The van der Waals surface area contributed by atoms with Crippen LogP contribution < -0.4 is 0 Å². The molecule has 1 heterocycles. The van der Waals surface area contributed by atoms with Gasteiger partial charge in [0.2, 0.25) is 11.8 Å².